The van der Waals surface area contributed by atoms with Gasteiger partial charge in [0, 0.05) is 37.7 Å². The molecule has 1 saturated heterocycles. The van der Waals surface area contributed by atoms with Crippen LogP contribution in [0.1, 0.15) is 90.2 Å². The Balaban J connectivity index is 1.56. The minimum absolute atomic E-state index is 0.00140. The van der Waals surface area contributed by atoms with Crippen LogP contribution in [0.2, 0.25) is 0 Å². The Morgan fingerprint density at radius 1 is 0.917 bits per heavy atom. The fraction of sp³-hybridized carbons (Fsp3) is 0.511. The molecule has 4 N–H and O–H groups in total. The van der Waals surface area contributed by atoms with E-state index in [1.807, 2.05) is 0 Å². The van der Waals surface area contributed by atoms with Gasteiger partial charge in [-0.3, -0.25) is 19.2 Å². The first kappa shape index (κ1) is 44.3. The number of nitrogens with one attached hydrogen (secondary N) is 1. The fourth-order valence-electron chi connectivity index (χ4n) is 9.75. The Kier molecular flexibility index (Phi) is 12.1. The van der Waals surface area contributed by atoms with E-state index in [4.69, 9.17) is 23.7 Å². The highest BCUT2D eigenvalue weighted by Crippen LogP contribution is 2.64. The molecule has 15 nitrogen and oxygen atoms in total. The predicted octanol–water partition coefficient (Wildman–Crippen LogP) is 3.39. The average molecular weight is 832 g/mol. The molecule has 2 bridgehead atoms. The lowest BCUT2D eigenvalue weighted by molar-refractivity contribution is -0.346. The van der Waals surface area contributed by atoms with E-state index < -0.39 is 113 Å². The third-order valence-corrected chi connectivity index (χ3v) is 13.2. The summed E-state index contributed by atoms with van der Waals surface area (Å²) in [6.07, 6.45) is -8.88. The number of amides is 1. The van der Waals surface area contributed by atoms with Crippen LogP contribution in [0.25, 0.3) is 0 Å². The van der Waals surface area contributed by atoms with Crippen molar-refractivity contribution < 1.29 is 67.8 Å². The molecule has 11 atom stereocenters. The quantitative estimate of drug-likeness (QED) is 0.117. The first-order chi connectivity index (χ1) is 28.1. The molecule has 1 heterocycles. The summed E-state index contributed by atoms with van der Waals surface area (Å²) < 4.78 is 30.2. The molecule has 1 amide bonds. The fourth-order valence-corrected chi connectivity index (χ4v) is 9.75. The van der Waals surface area contributed by atoms with Crippen LogP contribution in [-0.4, -0.2) is 105 Å². The lowest BCUT2D eigenvalue weighted by Crippen LogP contribution is -2.82. The van der Waals surface area contributed by atoms with Crippen LogP contribution in [0.15, 0.2) is 83.5 Å². The Bertz CT molecular complexity index is 2110. The molecule has 2 saturated carbocycles. The summed E-state index contributed by atoms with van der Waals surface area (Å²) in [5.41, 5.74) is -6.91. The number of carbonyl (C=O) groups excluding carboxylic acids is 6. The summed E-state index contributed by atoms with van der Waals surface area (Å²) in [7, 11) is 0. The molecule has 3 fully saturated rings. The van der Waals surface area contributed by atoms with Crippen molar-refractivity contribution in [2.24, 2.45) is 16.7 Å². The van der Waals surface area contributed by atoms with Gasteiger partial charge in [0.05, 0.1) is 35.6 Å². The van der Waals surface area contributed by atoms with Gasteiger partial charge < -0.3 is 44.3 Å². The number of hydrogen-bond acceptors (Lipinski definition) is 14. The van der Waals surface area contributed by atoms with E-state index in [2.05, 4.69) is 5.32 Å². The van der Waals surface area contributed by atoms with Gasteiger partial charge in [-0.15, -0.1) is 0 Å². The molecule has 1 aliphatic heterocycles. The summed E-state index contributed by atoms with van der Waals surface area (Å²) >= 11 is 0. The number of allylic oxidation sites excluding steroid dienone is 1. The summed E-state index contributed by atoms with van der Waals surface area (Å²) in [6.45, 7) is 11.2. The van der Waals surface area contributed by atoms with Crippen LogP contribution >= 0.6 is 0 Å². The van der Waals surface area contributed by atoms with Crippen molar-refractivity contribution in [3.8, 4) is 0 Å². The number of esters is 4. The Hall–Kier alpha value is -5.22. The second-order valence-corrected chi connectivity index (χ2v) is 17.0. The lowest BCUT2D eigenvalue weighted by Gasteiger charge is -2.67. The van der Waals surface area contributed by atoms with Crippen LogP contribution in [0.4, 0.5) is 0 Å². The van der Waals surface area contributed by atoms with Crippen molar-refractivity contribution in [3.05, 3.63) is 94.6 Å². The second-order valence-electron chi connectivity index (χ2n) is 17.0. The van der Waals surface area contributed by atoms with Crippen molar-refractivity contribution in [2.45, 2.75) is 122 Å². The zero-order chi connectivity index (χ0) is 44.1. The maximum absolute atomic E-state index is 15.4. The number of Topliss-reactive ketones (excluding diaryl/α,β-unsaturated/α-hetero) is 1. The maximum atomic E-state index is 15.4. The number of aliphatic hydroxyl groups excluding tert-OH is 2. The molecule has 0 radical (unpaired) electrons. The standard InChI is InChI=1S/C45H53NO14/c1-9-23(2)39(52)46-33(27-16-12-10-13-17-27)34(50)41(54)58-29-21-45(55)38(59-40(53)28-18-14-11-15-19-28)36-43(8,30(49)20-31-44(36,22-56-31)60-26(5)48)37(51)35(57-25(4)47)32(24(29)3)42(45,6)7/h9-19,29-31,33-36,38,49-50,55H,20-22H2,1-8H3,(H,46,52)/b23-9+/t29-,30+,31+,33?,34+,35+,36-,38-,43+,44-,45+/m0/s1. The van der Waals surface area contributed by atoms with Crippen molar-refractivity contribution in [1.82, 2.24) is 5.32 Å². The van der Waals surface area contributed by atoms with Crippen LogP contribution < -0.4 is 5.32 Å². The third kappa shape index (κ3) is 7.24. The van der Waals surface area contributed by atoms with E-state index in [0.29, 0.717) is 11.1 Å². The van der Waals surface area contributed by atoms with E-state index in [-0.39, 0.29) is 29.7 Å². The van der Waals surface area contributed by atoms with Crippen molar-refractivity contribution in [1.29, 1.82) is 0 Å². The smallest absolute Gasteiger partial charge is 0.338 e. The molecule has 4 aliphatic rings. The second kappa shape index (κ2) is 16.3. The molecular formula is C45H53NO14. The number of rotatable bonds is 10. The number of aliphatic hydroxyl groups is 3. The Morgan fingerprint density at radius 2 is 1.53 bits per heavy atom. The maximum Gasteiger partial charge on any atom is 0.338 e. The van der Waals surface area contributed by atoms with Crippen LogP contribution in [-0.2, 0) is 47.7 Å². The SMILES string of the molecule is C/C=C(\C)C(=O)NC(c1ccccc1)[C@@H](O)C(=O)O[C@H]1C[C@@]2(O)[C@@H](OC(=O)c3ccccc3)[C@@H]3[C@]4(OC(C)=O)CO[C@@H]4C[C@@H](O)[C@@]3(C)C(=O)[C@H](OC(C)=O)C(=C1C)C2(C)C. The molecule has 15 heteroatoms. The molecule has 322 valence electrons. The van der Waals surface area contributed by atoms with E-state index in [9.17, 15) is 39.3 Å². The zero-order valence-electron chi connectivity index (χ0n) is 34.9. The minimum Gasteiger partial charge on any atom is -0.456 e. The number of benzene rings is 2. The van der Waals surface area contributed by atoms with Gasteiger partial charge in [-0.25, -0.2) is 9.59 Å². The van der Waals surface area contributed by atoms with Gasteiger partial charge in [-0.05, 0) is 56.5 Å². The van der Waals surface area contributed by atoms with Crippen LogP contribution in [0.5, 0.6) is 0 Å². The summed E-state index contributed by atoms with van der Waals surface area (Å²) in [6, 6.07) is 14.8. The first-order valence-corrected chi connectivity index (χ1v) is 19.9. The molecule has 2 aromatic rings. The third-order valence-electron chi connectivity index (χ3n) is 13.2. The minimum atomic E-state index is -2.38. The Morgan fingerprint density at radius 3 is 2.08 bits per heavy atom. The van der Waals surface area contributed by atoms with Gasteiger partial charge in [0.2, 0.25) is 5.91 Å². The molecular weight excluding hydrogens is 778 g/mol. The molecule has 2 aromatic carbocycles. The molecule has 0 aromatic heterocycles. The summed E-state index contributed by atoms with van der Waals surface area (Å²) in [4.78, 5) is 82.9. The van der Waals surface area contributed by atoms with Gasteiger partial charge >= 0.3 is 23.9 Å². The normalized spacial score (nSPS) is 32.9. The molecule has 1 unspecified atom stereocenters. The number of carbonyl (C=O) groups is 6. The van der Waals surface area contributed by atoms with Gasteiger partial charge in [0.15, 0.2) is 23.6 Å². The molecule has 0 spiro atoms. The van der Waals surface area contributed by atoms with Gasteiger partial charge in [0.1, 0.15) is 23.9 Å². The first-order valence-electron chi connectivity index (χ1n) is 19.9. The number of fused-ring (bicyclic) bond motifs is 5. The monoisotopic (exact) mass is 831 g/mol. The largest absolute Gasteiger partial charge is 0.456 e. The highest BCUT2D eigenvalue weighted by atomic mass is 16.6. The zero-order valence-corrected chi connectivity index (χ0v) is 34.9. The van der Waals surface area contributed by atoms with Crippen LogP contribution in [0.3, 0.4) is 0 Å². The van der Waals surface area contributed by atoms with Gasteiger partial charge in [-0.2, -0.15) is 0 Å². The summed E-state index contributed by atoms with van der Waals surface area (Å²) in [5.74, 6) is -6.78. The van der Waals surface area contributed by atoms with Gasteiger partial charge in [-0.1, -0.05) is 68.5 Å². The van der Waals surface area contributed by atoms with Gasteiger partial charge in [0.25, 0.3) is 0 Å². The number of ether oxygens (including phenoxy) is 5. The number of hydrogen-bond donors (Lipinski definition) is 4. The van der Waals surface area contributed by atoms with Crippen molar-refractivity contribution in [3.63, 3.8) is 0 Å². The molecule has 3 aliphatic carbocycles. The Labute approximate surface area is 348 Å². The number of ketones is 1. The van der Waals surface area contributed by atoms with Crippen molar-refractivity contribution in [2.75, 3.05) is 6.61 Å². The lowest BCUT2D eigenvalue weighted by atomic mass is 9.44. The average Bonchev–Trinajstić information content (AvgIpc) is 3.20. The highest BCUT2D eigenvalue weighted by Gasteiger charge is 2.78. The van der Waals surface area contributed by atoms with E-state index in [1.54, 1.807) is 82.3 Å². The van der Waals surface area contributed by atoms with Crippen LogP contribution in [0, 0.1) is 16.7 Å². The predicted molar refractivity (Wildman–Crippen MR) is 211 cm³/mol. The van der Waals surface area contributed by atoms with Crippen molar-refractivity contribution >= 4 is 35.6 Å². The topological polar surface area (TPSA) is 221 Å². The molecule has 60 heavy (non-hydrogen) atoms. The molecule has 6 rings (SSSR count). The van der Waals surface area contributed by atoms with E-state index >= 15 is 4.79 Å². The van der Waals surface area contributed by atoms with E-state index in [1.165, 1.54) is 26.0 Å². The van der Waals surface area contributed by atoms with E-state index in [0.717, 1.165) is 13.8 Å². The summed E-state index contributed by atoms with van der Waals surface area (Å²) in [5, 5.41) is 40.0. The highest BCUT2D eigenvalue weighted by molar-refractivity contribution is 5.96.